The van der Waals surface area contributed by atoms with Crippen LogP contribution >= 0.6 is 0 Å². The van der Waals surface area contributed by atoms with Crippen molar-refractivity contribution in [1.29, 1.82) is 0 Å². The van der Waals surface area contributed by atoms with Crippen molar-refractivity contribution in [3.05, 3.63) is 35.4 Å². The van der Waals surface area contributed by atoms with E-state index in [0.717, 1.165) is 58.5 Å². The fourth-order valence-electron chi connectivity index (χ4n) is 4.03. The zero-order chi connectivity index (χ0) is 19.8. The summed E-state index contributed by atoms with van der Waals surface area (Å²) in [6.45, 7) is 8.99. The lowest BCUT2D eigenvalue weighted by molar-refractivity contribution is -0.134. The standard InChI is InChI=1S/C22H34N4O2/c1-19-7-3-4-8-20(19)9-10-23-21(27)17-24-13-15-25(16-14-24)18-22(28)26-11-5-2-6-12-26/h3-4,7-8H,2,5-6,9-18H2,1H3,(H,23,27). The highest BCUT2D eigenvalue weighted by Gasteiger charge is 2.23. The Labute approximate surface area is 168 Å². The van der Waals surface area contributed by atoms with Crippen LogP contribution in [0.15, 0.2) is 24.3 Å². The van der Waals surface area contributed by atoms with Gasteiger partial charge in [0.15, 0.2) is 0 Å². The molecule has 2 fully saturated rings. The van der Waals surface area contributed by atoms with E-state index in [1.165, 1.54) is 17.5 Å². The molecule has 28 heavy (non-hydrogen) atoms. The summed E-state index contributed by atoms with van der Waals surface area (Å²) in [6, 6.07) is 8.30. The molecule has 0 aromatic heterocycles. The number of aryl methyl sites for hydroxylation is 1. The summed E-state index contributed by atoms with van der Waals surface area (Å²) >= 11 is 0. The van der Waals surface area contributed by atoms with Crippen LogP contribution in [0.1, 0.15) is 30.4 Å². The number of amides is 2. The van der Waals surface area contributed by atoms with Crippen LogP contribution in [0, 0.1) is 6.92 Å². The van der Waals surface area contributed by atoms with Gasteiger partial charge in [-0.05, 0) is 43.7 Å². The van der Waals surface area contributed by atoms with Crippen molar-refractivity contribution in [3.63, 3.8) is 0 Å². The molecule has 0 bridgehead atoms. The van der Waals surface area contributed by atoms with Crippen LogP contribution in [0.25, 0.3) is 0 Å². The van der Waals surface area contributed by atoms with Crippen LogP contribution in [-0.4, -0.2) is 85.4 Å². The Morgan fingerprint density at radius 1 is 0.893 bits per heavy atom. The Balaban J connectivity index is 1.31. The number of carbonyl (C=O) groups excluding carboxylic acids is 2. The zero-order valence-electron chi connectivity index (χ0n) is 17.2. The first-order valence-electron chi connectivity index (χ1n) is 10.7. The normalized spacial score (nSPS) is 18.8. The van der Waals surface area contributed by atoms with Crippen LogP contribution in [0.4, 0.5) is 0 Å². The van der Waals surface area contributed by atoms with Crippen molar-refractivity contribution in [2.45, 2.75) is 32.6 Å². The summed E-state index contributed by atoms with van der Waals surface area (Å²) in [5.74, 6) is 0.355. The molecule has 0 atom stereocenters. The second kappa shape index (κ2) is 10.6. The van der Waals surface area contributed by atoms with Crippen molar-refractivity contribution in [2.75, 3.05) is 58.9 Å². The van der Waals surface area contributed by atoms with E-state index in [1.54, 1.807) is 0 Å². The molecule has 2 aliphatic rings. The van der Waals surface area contributed by atoms with E-state index in [1.807, 2.05) is 17.0 Å². The highest BCUT2D eigenvalue weighted by molar-refractivity contribution is 5.78. The largest absolute Gasteiger partial charge is 0.355 e. The van der Waals surface area contributed by atoms with Crippen molar-refractivity contribution in [3.8, 4) is 0 Å². The summed E-state index contributed by atoms with van der Waals surface area (Å²) in [7, 11) is 0. The third-order valence-electron chi connectivity index (χ3n) is 5.88. The predicted molar refractivity (Wildman–Crippen MR) is 111 cm³/mol. The molecule has 6 nitrogen and oxygen atoms in total. The highest BCUT2D eigenvalue weighted by Crippen LogP contribution is 2.10. The van der Waals surface area contributed by atoms with Gasteiger partial charge in [0, 0.05) is 45.8 Å². The summed E-state index contributed by atoms with van der Waals surface area (Å²) in [6.07, 6.45) is 4.39. The first-order chi connectivity index (χ1) is 13.6. The van der Waals surface area contributed by atoms with E-state index in [9.17, 15) is 9.59 Å². The van der Waals surface area contributed by atoms with Gasteiger partial charge >= 0.3 is 0 Å². The lowest BCUT2D eigenvalue weighted by Crippen LogP contribution is -2.52. The third kappa shape index (κ3) is 6.31. The van der Waals surface area contributed by atoms with E-state index >= 15 is 0 Å². The Morgan fingerprint density at radius 3 is 2.21 bits per heavy atom. The van der Waals surface area contributed by atoms with Gasteiger partial charge in [0.05, 0.1) is 13.1 Å². The number of hydrogen-bond donors (Lipinski definition) is 1. The molecular weight excluding hydrogens is 352 g/mol. The van der Waals surface area contributed by atoms with Crippen LogP contribution in [0.2, 0.25) is 0 Å². The maximum Gasteiger partial charge on any atom is 0.236 e. The molecule has 2 heterocycles. The molecule has 3 rings (SSSR count). The molecule has 6 heteroatoms. The minimum Gasteiger partial charge on any atom is -0.355 e. The minimum absolute atomic E-state index is 0.0893. The number of piperazine rings is 1. The van der Waals surface area contributed by atoms with E-state index in [0.29, 0.717) is 19.6 Å². The molecule has 154 valence electrons. The molecule has 0 radical (unpaired) electrons. The summed E-state index contributed by atoms with van der Waals surface area (Å²) in [4.78, 5) is 31.0. The van der Waals surface area contributed by atoms with Gasteiger partial charge in [0.1, 0.15) is 0 Å². The molecule has 2 amide bonds. The van der Waals surface area contributed by atoms with Crippen LogP contribution in [0.5, 0.6) is 0 Å². The van der Waals surface area contributed by atoms with E-state index in [4.69, 9.17) is 0 Å². The van der Waals surface area contributed by atoms with E-state index < -0.39 is 0 Å². The number of nitrogens with one attached hydrogen (secondary N) is 1. The number of likely N-dealkylation sites (tertiary alicyclic amines) is 1. The SMILES string of the molecule is Cc1ccccc1CCNC(=O)CN1CCN(CC(=O)N2CCCCC2)CC1. The predicted octanol–water partition coefficient (Wildman–Crippen LogP) is 1.28. The molecule has 2 saturated heterocycles. The van der Waals surface area contributed by atoms with Gasteiger partial charge in [-0.1, -0.05) is 24.3 Å². The molecule has 0 aliphatic carbocycles. The number of benzene rings is 1. The molecule has 0 spiro atoms. The van der Waals surface area contributed by atoms with E-state index in [2.05, 4.69) is 34.2 Å². The van der Waals surface area contributed by atoms with Crippen molar-refractivity contribution >= 4 is 11.8 Å². The van der Waals surface area contributed by atoms with Gasteiger partial charge in [-0.3, -0.25) is 19.4 Å². The van der Waals surface area contributed by atoms with Gasteiger partial charge < -0.3 is 10.2 Å². The van der Waals surface area contributed by atoms with E-state index in [-0.39, 0.29) is 11.8 Å². The summed E-state index contributed by atoms with van der Waals surface area (Å²) in [5, 5.41) is 3.04. The number of rotatable bonds is 7. The maximum absolute atomic E-state index is 12.4. The van der Waals surface area contributed by atoms with Gasteiger partial charge in [-0.15, -0.1) is 0 Å². The minimum atomic E-state index is 0.0893. The van der Waals surface area contributed by atoms with Gasteiger partial charge in [-0.2, -0.15) is 0 Å². The Hall–Kier alpha value is -1.92. The fourth-order valence-corrected chi connectivity index (χ4v) is 4.03. The number of carbonyl (C=O) groups is 2. The van der Waals surface area contributed by atoms with Crippen LogP contribution < -0.4 is 5.32 Å². The lowest BCUT2D eigenvalue weighted by Gasteiger charge is -2.35. The average molecular weight is 387 g/mol. The topological polar surface area (TPSA) is 55.9 Å². The monoisotopic (exact) mass is 386 g/mol. The second-order valence-corrected chi connectivity index (χ2v) is 8.02. The Morgan fingerprint density at radius 2 is 1.54 bits per heavy atom. The first kappa shape index (κ1) is 20.8. The smallest absolute Gasteiger partial charge is 0.236 e. The average Bonchev–Trinajstić information content (AvgIpc) is 2.71. The molecule has 1 aromatic rings. The summed E-state index contributed by atoms with van der Waals surface area (Å²) in [5.41, 5.74) is 2.56. The first-order valence-corrected chi connectivity index (χ1v) is 10.7. The Bertz CT molecular complexity index is 650. The van der Waals surface area contributed by atoms with Gasteiger partial charge in [-0.25, -0.2) is 0 Å². The molecule has 1 N–H and O–H groups in total. The van der Waals surface area contributed by atoms with Gasteiger partial charge in [0.25, 0.3) is 0 Å². The number of hydrogen-bond acceptors (Lipinski definition) is 4. The number of piperidine rings is 1. The highest BCUT2D eigenvalue weighted by atomic mass is 16.2. The molecule has 1 aromatic carbocycles. The van der Waals surface area contributed by atoms with Crippen molar-refractivity contribution in [2.24, 2.45) is 0 Å². The second-order valence-electron chi connectivity index (χ2n) is 8.02. The quantitative estimate of drug-likeness (QED) is 0.767. The van der Waals surface area contributed by atoms with Crippen LogP contribution in [0.3, 0.4) is 0 Å². The molecule has 0 unspecified atom stereocenters. The summed E-state index contributed by atoms with van der Waals surface area (Å²) < 4.78 is 0. The van der Waals surface area contributed by atoms with Crippen molar-refractivity contribution < 1.29 is 9.59 Å². The fraction of sp³-hybridized carbons (Fsp3) is 0.636. The van der Waals surface area contributed by atoms with Gasteiger partial charge in [0.2, 0.25) is 11.8 Å². The molecule has 2 aliphatic heterocycles. The van der Waals surface area contributed by atoms with Crippen LogP contribution in [-0.2, 0) is 16.0 Å². The number of nitrogens with zero attached hydrogens (tertiary/aromatic N) is 3. The van der Waals surface area contributed by atoms with Crippen molar-refractivity contribution in [1.82, 2.24) is 20.0 Å². The third-order valence-corrected chi connectivity index (χ3v) is 5.88. The zero-order valence-corrected chi connectivity index (χ0v) is 17.2. The lowest BCUT2D eigenvalue weighted by atomic mass is 10.1. The Kier molecular flexibility index (Phi) is 7.86. The maximum atomic E-state index is 12.4. The molecule has 0 saturated carbocycles. The molecular formula is C22H34N4O2.